The van der Waals surface area contributed by atoms with Crippen LogP contribution in [0.1, 0.15) is 24.5 Å². The highest BCUT2D eigenvalue weighted by Crippen LogP contribution is 2.22. The summed E-state index contributed by atoms with van der Waals surface area (Å²) in [5, 5.41) is 19.0. The van der Waals surface area contributed by atoms with E-state index in [1.54, 1.807) is 7.11 Å². The fraction of sp³-hybridized carbons (Fsp3) is 0.533. The number of nitriles is 1. The van der Waals surface area contributed by atoms with Crippen molar-refractivity contribution >= 4 is 0 Å². The van der Waals surface area contributed by atoms with Crippen LogP contribution in [-0.2, 0) is 6.54 Å². The summed E-state index contributed by atoms with van der Waals surface area (Å²) in [6, 6.07) is 7.82. The molecule has 1 fully saturated rings. The molecule has 0 spiro atoms. The van der Waals surface area contributed by atoms with E-state index in [1.165, 1.54) is 0 Å². The molecule has 2 rings (SSSR count). The zero-order chi connectivity index (χ0) is 13.8. The number of aliphatic hydroxyl groups excluding tert-OH is 1. The van der Waals surface area contributed by atoms with Gasteiger partial charge in [-0.05, 0) is 36.6 Å². The number of likely N-dealkylation sites (tertiary alicyclic amines) is 1. The number of nitrogens with zero attached hydrogens (tertiary/aromatic N) is 2. The molecule has 1 aromatic carbocycles. The molecule has 0 aromatic heterocycles. The van der Waals surface area contributed by atoms with Crippen molar-refractivity contribution < 1.29 is 9.84 Å². The van der Waals surface area contributed by atoms with E-state index in [9.17, 15) is 5.11 Å². The molecule has 0 radical (unpaired) electrons. The third-order valence-electron chi connectivity index (χ3n) is 3.79. The molecule has 1 saturated heterocycles. The monoisotopic (exact) mass is 260 g/mol. The van der Waals surface area contributed by atoms with Gasteiger partial charge < -0.3 is 9.84 Å². The molecular weight excluding hydrogens is 240 g/mol. The maximum atomic E-state index is 9.90. The Labute approximate surface area is 114 Å². The molecule has 1 aromatic rings. The third kappa shape index (κ3) is 3.25. The maximum Gasteiger partial charge on any atom is 0.136 e. The lowest BCUT2D eigenvalue weighted by molar-refractivity contribution is 0.0259. The van der Waals surface area contributed by atoms with Gasteiger partial charge in [0.1, 0.15) is 11.8 Å². The first-order chi connectivity index (χ1) is 9.13. The molecule has 19 heavy (non-hydrogen) atoms. The summed E-state index contributed by atoms with van der Waals surface area (Å²) in [5.74, 6) is 0.986. The van der Waals surface area contributed by atoms with Gasteiger partial charge in [-0.1, -0.05) is 13.0 Å². The van der Waals surface area contributed by atoms with Crippen LogP contribution in [0.3, 0.4) is 0 Å². The Bertz CT molecular complexity index is 482. The van der Waals surface area contributed by atoms with E-state index in [0.717, 1.165) is 25.1 Å². The van der Waals surface area contributed by atoms with E-state index in [2.05, 4.69) is 17.9 Å². The molecule has 0 saturated carbocycles. The molecule has 2 atom stereocenters. The summed E-state index contributed by atoms with van der Waals surface area (Å²) in [5.41, 5.74) is 1.64. The van der Waals surface area contributed by atoms with E-state index in [1.807, 2.05) is 18.2 Å². The van der Waals surface area contributed by atoms with Crippen LogP contribution in [0.4, 0.5) is 0 Å². The lowest BCUT2D eigenvalue weighted by atomic mass is 9.95. The van der Waals surface area contributed by atoms with Crippen LogP contribution in [-0.4, -0.2) is 36.3 Å². The highest BCUT2D eigenvalue weighted by atomic mass is 16.5. The van der Waals surface area contributed by atoms with Crippen LogP contribution in [0.15, 0.2) is 18.2 Å². The summed E-state index contributed by atoms with van der Waals surface area (Å²) in [4.78, 5) is 2.23. The van der Waals surface area contributed by atoms with Crippen molar-refractivity contribution in [3.63, 3.8) is 0 Å². The first kappa shape index (κ1) is 13.9. The second-order valence-electron chi connectivity index (χ2n) is 5.21. The zero-order valence-corrected chi connectivity index (χ0v) is 11.5. The molecular formula is C15H20N2O2. The highest BCUT2D eigenvalue weighted by molar-refractivity contribution is 5.45. The second-order valence-corrected chi connectivity index (χ2v) is 5.21. The Morgan fingerprint density at radius 3 is 2.95 bits per heavy atom. The van der Waals surface area contributed by atoms with E-state index in [4.69, 9.17) is 10.00 Å². The minimum absolute atomic E-state index is 0.248. The van der Waals surface area contributed by atoms with Gasteiger partial charge in [-0.3, -0.25) is 4.90 Å². The number of rotatable bonds is 3. The van der Waals surface area contributed by atoms with E-state index < -0.39 is 0 Å². The van der Waals surface area contributed by atoms with Gasteiger partial charge in [0, 0.05) is 13.1 Å². The summed E-state index contributed by atoms with van der Waals surface area (Å²) in [7, 11) is 1.57. The molecule has 4 heteroatoms. The van der Waals surface area contributed by atoms with Crippen LogP contribution >= 0.6 is 0 Å². The quantitative estimate of drug-likeness (QED) is 0.900. The first-order valence-corrected chi connectivity index (χ1v) is 6.61. The van der Waals surface area contributed by atoms with Gasteiger partial charge in [0.15, 0.2) is 0 Å². The maximum absolute atomic E-state index is 9.90. The Kier molecular flexibility index (Phi) is 4.41. The van der Waals surface area contributed by atoms with Crippen molar-refractivity contribution in [3.8, 4) is 11.8 Å². The number of hydrogen-bond donors (Lipinski definition) is 1. The molecule has 1 aliphatic rings. The van der Waals surface area contributed by atoms with Crippen molar-refractivity contribution in [3.05, 3.63) is 29.3 Å². The molecule has 102 valence electrons. The zero-order valence-electron chi connectivity index (χ0n) is 11.5. The molecule has 1 heterocycles. The van der Waals surface area contributed by atoms with Crippen LogP contribution in [0.2, 0.25) is 0 Å². The number of piperidine rings is 1. The van der Waals surface area contributed by atoms with Crippen LogP contribution < -0.4 is 4.74 Å². The van der Waals surface area contributed by atoms with Crippen molar-refractivity contribution in [1.29, 1.82) is 5.26 Å². The van der Waals surface area contributed by atoms with Crippen molar-refractivity contribution in [2.75, 3.05) is 20.2 Å². The average molecular weight is 260 g/mol. The molecule has 1 N–H and O–H groups in total. The lowest BCUT2D eigenvalue weighted by Gasteiger charge is -2.34. The van der Waals surface area contributed by atoms with Crippen molar-refractivity contribution in [2.24, 2.45) is 5.92 Å². The second kappa shape index (κ2) is 6.05. The van der Waals surface area contributed by atoms with Crippen molar-refractivity contribution in [2.45, 2.75) is 26.0 Å². The van der Waals surface area contributed by atoms with Gasteiger partial charge in [0.2, 0.25) is 0 Å². The topological polar surface area (TPSA) is 56.5 Å². The predicted octanol–water partition coefficient (Wildman–Crippen LogP) is 1.77. The van der Waals surface area contributed by atoms with Crippen LogP contribution in [0.25, 0.3) is 0 Å². The van der Waals surface area contributed by atoms with E-state index >= 15 is 0 Å². The predicted molar refractivity (Wildman–Crippen MR) is 72.8 cm³/mol. The standard InChI is InChI=1S/C15H20N2O2/c1-11-5-6-17(10-14(11)18)9-12-3-4-15(19-2)13(7-12)8-16/h3-4,7,11,14,18H,5-6,9-10H2,1-2H3. The smallest absolute Gasteiger partial charge is 0.136 e. The summed E-state index contributed by atoms with van der Waals surface area (Å²) in [6.07, 6.45) is 0.769. The number of methoxy groups -OCH3 is 1. The fourth-order valence-corrected chi connectivity index (χ4v) is 2.46. The Balaban J connectivity index is 2.06. The number of ether oxygens (including phenoxy) is 1. The lowest BCUT2D eigenvalue weighted by Crippen LogP contribution is -2.42. The van der Waals surface area contributed by atoms with Gasteiger partial charge in [0.25, 0.3) is 0 Å². The minimum atomic E-state index is -0.248. The molecule has 4 nitrogen and oxygen atoms in total. The van der Waals surface area contributed by atoms with Gasteiger partial charge in [-0.25, -0.2) is 0 Å². The molecule has 0 bridgehead atoms. The average Bonchev–Trinajstić information content (AvgIpc) is 2.43. The number of hydrogen-bond acceptors (Lipinski definition) is 4. The first-order valence-electron chi connectivity index (χ1n) is 6.61. The summed E-state index contributed by atoms with van der Waals surface area (Å²) in [6.45, 7) is 4.55. The molecule has 1 aliphatic heterocycles. The fourth-order valence-electron chi connectivity index (χ4n) is 2.46. The Hall–Kier alpha value is -1.57. The number of benzene rings is 1. The third-order valence-corrected chi connectivity index (χ3v) is 3.79. The van der Waals surface area contributed by atoms with E-state index in [0.29, 0.717) is 23.8 Å². The summed E-state index contributed by atoms with van der Waals surface area (Å²) < 4.78 is 5.14. The Morgan fingerprint density at radius 1 is 1.53 bits per heavy atom. The van der Waals surface area contributed by atoms with Crippen molar-refractivity contribution in [1.82, 2.24) is 4.90 Å². The molecule has 0 amide bonds. The molecule has 2 unspecified atom stereocenters. The van der Waals surface area contributed by atoms with Gasteiger partial charge in [-0.15, -0.1) is 0 Å². The normalized spacial score (nSPS) is 23.9. The summed E-state index contributed by atoms with van der Waals surface area (Å²) >= 11 is 0. The van der Waals surface area contributed by atoms with Gasteiger partial charge in [-0.2, -0.15) is 5.26 Å². The van der Waals surface area contributed by atoms with Gasteiger partial charge >= 0.3 is 0 Å². The number of aliphatic hydroxyl groups is 1. The SMILES string of the molecule is COc1ccc(CN2CCC(C)C(O)C2)cc1C#N. The van der Waals surface area contributed by atoms with E-state index in [-0.39, 0.29) is 6.10 Å². The minimum Gasteiger partial charge on any atom is -0.495 e. The van der Waals surface area contributed by atoms with Gasteiger partial charge in [0.05, 0.1) is 18.8 Å². The number of β-amino-alcohol motifs (C(OH)–C–C–N with tert-alkyl or cyclic N) is 1. The van der Waals surface area contributed by atoms with Crippen LogP contribution in [0, 0.1) is 17.2 Å². The Morgan fingerprint density at radius 2 is 2.32 bits per heavy atom. The molecule has 0 aliphatic carbocycles. The highest BCUT2D eigenvalue weighted by Gasteiger charge is 2.24. The largest absolute Gasteiger partial charge is 0.495 e. The van der Waals surface area contributed by atoms with Crippen LogP contribution in [0.5, 0.6) is 5.75 Å².